The number of aryl methyl sites for hydroxylation is 1. The number of halogens is 2. The van der Waals surface area contributed by atoms with Gasteiger partial charge in [0, 0.05) is 15.8 Å². The molecule has 0 saturated carbocycles. The predicted octanol–water partition coefficient (Wildman–Crippen LogP) is 5.26. The Morgan fingerprint density at radius 3 is 2.74 bits per heavy atom. The summed E-state index contributed by atoms with van der Waals surface area (Å²) in [5.41, 5.74) is 1.19. The molecule has 1 aromatic heterocycles. The lowest BCUT2D eigenvalue weighted by atomic mass is 10.1. The first-order valence-corrected chi connectivity index (χ1v) is 8.03. The zero-order valence-corrected chi connectivity index (χ0v) is 14.0. The van der Waals surface area contributed by atoms with Gasteiger partial charge >= 0.3 is 0 Å². The van der Waals surface area contributed by atoms with Crippen molar-refractivity contribution in [1.82, 2.24) is 0 Å². The van der Waals surface area contributed by atoms with Gasteiger partial charge in [-0.1, -0.05) is 17.7 Å². The second-order valence-electron chi connectivity index (χ2n) is 4.97. The first-order chi connectivity index (χ1) is 11.0. The summed E-state index contributed by atoms with van der Waals surface area (Å²) in [7, 11) is 1.52. The Kier molecular flexibility index (Phi) is 4.24. The molecule has 23 heavy (non-hydrogen) atoms. The van der Waals surface area contributed by atoms with Gasteiger partial charge in [0.05, 0.1) is 17.0 Å². The molecule has 2 aromatic carbocycles. The van der Waals surface area contributed by atoms with E-state index in [9.17, 15) is 9.18 Å². The summed E-state index contributed by atoms with van der Waals surface area (Å²) in [5, 5.41) is 3.68. The van der Waals surface area contributed by atoms with Crippen LogP contribution in [0.3, 0.4) is 0 Å². The van der Waals surface area contributed by atoms with Crippen molar-refractivity contribution >= 4 is 44.6 Å². The molecule has 0 aliphatic heterocycles. The number of rotatable bonds is 3. The van der Waals surface area contributed by atoms with E-state index in [1.165, 1.54) is 24.5 Å². The van der Waals surface area contributed by atoms with Gasteiger partial charge in [-0.3, -0.25) is 4.79 Å². The largest absolute Gasteiger partial charge is 0.495 e. The van der Waals surface area contributed by atoms with Crippen molar-refractivity contribution in [1.29, 1.82) is 0 Å². The van der Waals surface area contributed by atoms with Crippen LogP contribution in [0.2, 0.25) is 5.02 Å². The van der Waals surface area contributed by atoms with Crippen molar-refractivity contribution in [2.45, 2.75) is 6.92 Å². The summed E-state index contributed by atoms with van der Waals surface area (Å²) in [5.74, 6) is -0.0723. The summed E-state index contributed by atoms with van der Waals surface area (Å²) in [6.45, 7) is 1.75. The van der Waals surface area contributed by atoms with Crippen molar-refractivity contribution in [3.63, 3.8) is 0 Å². The Balaban J connectivity index is 1.93. The van der Waals surface area contributed by atoms with E-state index in [0.29, 0.717) is 32.3 Å². The lowest BCUT2D eigenvalue weighted by Gasteiger charge is -2.07. The van der Waals surface area contributed by atoms with Gasteiger partial charge in [0.25, 0.3) is 5.91 Å². The monoisotopic (exact) mass is 349 g/mol. The minimum Gasteiger partial charge on any atom is -0.495 e. The predicted molar refractivity (Wildman–Crippen MR) is 92.5 cm³/mol. The van der Waals surface area contributed by atoms with Crippen LogP contribution in [-0.2, 0) is 0 Å². The highest BCUT2D eigenvalue weighted by Gasteiger charge is 2.18. The lowest BCUT2D eigenvalue weighted by Crippen LogP contribution is -2.11. The van der Waals surface area contributed by atoms with E-state index in [1.54, 1.807) is 37.3 Å². The number of amides is 1. The molecule has 0 aliphatic rings. The molecule has 1 heterocycles. The molecule has 0 bridgehead atoms. The van der Waals surface area contributed by atoms with Crippen molar-refractivity contribution in [3.8, 4) is 5.75 Å². The molecule has 6 heteroatoms. The van der Waals surface area contributed by atoms with E-state index in [4.69, 9.17) is 16.3 Å². The van der Waals surface area contributed by atoms with Gasteiger partial charge in [-0.25, -0.2) is 4.39 Å². The number of carbonyl (C=O) groups is 1. The first-order valence-electron chi connectivity index (χ1n) is 6.83. The zero-order chi connectivity index (χ0) is 16.6. The number of benzene rings is 2. The molecule has 3 aromatic rings. The molecular weight excluding hydrogens is 337 g/mol. The Labute approximate surface area is 141 Å². The normalized spacial score (nSPS) is 10.8. The van der Waals surface area contributed by atoms with Crippen LogP contribution in [0.25, 0.3) is 10.1 Å². The van der Waals surface area contributed by atoms with Crippen LogP contribution in [0.4, 0.5) is 10.1 Å². The number of anilines is 1. The summed E-state index contributed by atoms with van der Waals surface area (Å²) in [6.07, 6.45) is 0. The Bertz CT molecular complexity index is 907. The SMILES string of the molecule is COc1ccc(NC(=O)c2sc3cccc(F)c3c2C)cc1Cl. The molecule has 0 radical (unpaired) electrons. The van der Waals surface area contributed by atoms with Gasteiger partial charge < -0.3 is 10.1 Å². The Morgan fingerprint density at radius 1 is 1.30 bits per heavy atom. The minimum atomic E-state index is -0.317. The molecule has 0 aliphatic carbocycles. The molecular formula is C17H13ClFNO2S. The number of methoxy groups -OCH3 is 1. The fourth-order valence-corrected chi connectivity index (χ4v) is 3.78. The number of thiophene rings is 1. The van der Waals surface area contributed by atoms with Crippen LogP contribution in [0.5, 0.6) is 5.75 Å². The standard InChI is InChI=1S/C17H13ClFNO2S/c1-9-15-12(19)4-3-5-14(15)23-16(9)17(21)20-10-6-7-13(22-2)11(18)8-10/h3-8H,1-2H3,(H,20,21). The molecule has 0 fully saturated rings. The highest BCUT2D eigenvalue weighted by atomic mass is 35.5. The fraction of sp³-hybridized carbons (Fsp3) is 0.118. The topological polar surface area (TPSA) is 38.3 Å². The lowest BCUT2D eigenvalue weighted by molar-refractivity contribution is 0.103. The number of nitrogens with one attached hydrogen (secondary N) is 1. The number of carbonyl (C=O) groups excluding carboxylic acids is 1. The van der Waals surface area contributed by atoms with Crippen LogP contribution in [0.15, 0.2) is 36.4 Å². The van der Waals surface area contributed by atoms with E-state index >= 15 is 0 Å². The number of hydrogen-bond acceptors (Lipinski definition) is 3. The van der Waals surface area contributed by atoms with Gasteiger partial charge in [-0.2, -0.15) is 0 Å². The van der Waals surface area contributed by atoms with Crippen molar-refractivity contribution in [2.24, 2.45) is 0 Å². The van der Waals surface area contributed by atoms with Crippen molar-refractivity contribution < 1.29 is 13.9 Å². The number of hydrogen-bond donors (Lipinski definition) is 1. The molecule has 0 spiro atoms. The maximum atomic E-state index is 13.9. The second-order valence-corrected chi connectivity index (χ2v) is 6.43. The fourth-order valence-electron chi connectivity index (χ4n) is 2.40. The third-order valence-electron chi connectivity index (χ3n) is 3.52. The third kappa shape index (κ3) is 2.90. The first kappa shape index (κ1) is 15.8. The minimum absolute atomic E-state index is 0.288. The maximum absolute atomic E-state index is 13.9. The highest BCUT2D eigenvalue weighted by molar-refractivity contribution is 7.21. The highest BCUT2D eigenvalue weighted by Crippen LogP contribution is 2.33. The molecule has 0 unspecified atom stereocenters. The number of fused-ring (bicyclic) bond motifs is 1. The van der Waals surface area contributed by atoms with Crippen LogP contribution < -0.4 is 10.1 Å². The van der Waals surface area contributed by atoms with Crippen molar-refractivity contribution in [2.75, 3.05) is 12.4 Å². The van der Waals surface area contributed by atoms with Gasteiger partial charge in [-0.05, 0) is 42.8 Å². The molecule has 1 amide bonds. The molecule has 1 N–H and O–H groups in total. The van der Waals surface area contributed by atoms with Gasteiger partial charge in [-0.15, -0.1) is 11.3 Å². The molecule has 118 valence electrons. The van der Waals surface area contributed by atoms with E-state index in [0.717, 1.165) is 4.70 Å². The van der Waals surface area contributed by atoms with E-state index in [-0.39, 0.29) is 11.7 Å². The van der Waals surface area contributed by atoms with Crippen LogP contribution in [0.1, 0.15) is 15.2 Å². The summed E-state index contributed by atoms with van der Waals surface area (Å²) in [4.78, 5) is 13.0. The van der Waals surface area contributed by atoms with E-state index in [1.807, 2.05) is 0 Å². The van der Waals surface area contributed by atoms with Gasteiger partial charge in [0.2, 0.25) is 0 Å². The maximum Gasteiger partial charge on any atom is 0.266 e. The average molecular weight is 350 g/mol. The quantitative estimate of drug-likeness (QED) is 0.700. The summed E-state index contributed by atoms with van der Waals surface area (Å²) >= 11 is 7.32. The Hall–Kier alpha value is -2.11. The third-order valence-corrected chi connectivity index (χ3v) is 5.07. The zero-order valence-electron chi connectivity index (χ0n) is 12.4. The summed E-state index contributed by atoms with van der Waals surface area (Å²) in [6, 6.07) is 9.82. The van der Waals surface area contributed by atoms with E-state index < -0.39 is 0 Å². The van der Waals surface area contributed by atoms with Crippen LogP contribution in [-0.4, -0.2) is 13.0 Å². The van der Waals surface area contributed by atoms with Crippen LogP contribution >= 0.6 is 22.9 Å². The van der Waals surface area contributed by atoms with E-state index in [2.05, 4.69) is 5.32 Å². The Morgan fingerprint density at radius 2 is 2.09 bits per heavy atom. The average Bonchev–Trinajstić information content (AvgIpc) is 2.86. The van der Waals surface area contributed by atoms with Gasteiger partial charge in [0.15, 0.2) is 0 Å². The van der Waals surface area contributed by atoms with Crippen molar-refractivity contribution in [3.05, 3.63) is 57.7 Å². The molecule has 3 nitrogen and oxygen atoms in total. The van der Waals surface area contributed by atoms with Gasteiger partial charge in [0.1, 0.15) is 11.6 Å². The number of ether oxygens (including phenoxy) is 1. The summed E-state index contributed by atoms with van der Waals surface area (Å²) < 4.78 is 19.8. The molecule has 3 rings (SSSR count). The molecule has 0 atom stereocenters. The smallest absolute Gasteiger partial charge is 0.266 e. The molecule has 0 saturated heterocycles. The van der Waals surface area contributed by atoms with Crippen LogP contribution in [0, 0.1) is 12.7 Å². The second kappa shape index (κ2) is 6.18.